The van der Waals surface area contributed by atoms with Gasteiger partial charge in [0.25, 0.3) is 5.91 Å². The summed E-state index contributed by atoms with van der Waals surface area (Å²) in [6.07, 6.45) is 4.06. The fraction of sp³-hybridized carbons (Fsp3) is 0.538. The summed E-state index contributed by atoms with van der Waals surface area (Å²) in [6.45, 7) is 1.83. The van der Waals surface area contributed by atoms with Crippen molar-refractivity contribution in [2.75, 3.05) is 26.8 Å². The number of rotatable bonds is 6. The zero-order valence-electron chi connectivity index (χ0n) is 11.4. The molecule has 1 saturated heterocycles. The largest absolute Gasteiger partial charge is 0.383 e. The van der Waals surface area contributed by atoms with Crippen LogP contribution in [-0.4, -0.2) is 53.5 Å². The van der Waals surface area contributed by atoms with Crippen LogP contribution in [0.3, 0.4) is 0 Å². The average molecular weight is 278 g/mol. The van der Waals surface area contributed by atoms with Crippen LogP contribution in [0, 0.1) is 5.92 Å². The molecule has 0 radical (unpaired) electrons. The van der Waals surface area contributed by atoms with E-state index in [1.165, 1.54) is 6.20 Å². The molecule has 20 heavy (non-hydrogen) atoms. The van der Waals surface area contributed by atoms with Gasteiger partial charge in [-0.25, -0.2) is 4.98 Å². The minimum Gasteiger partial charge on any atom is -0.383 e. The number of hydrogen-bond acceptors (Lipinski definition) is 5. The van der Waals surface area contributed by atoms with Crippen LogP contribution in [-0.2, 0) is 16.0 Å². The summed E-state index contributed by atoms with van der Waals surface area (Å²) in [6, 6.07) is 0. The van der Waals surface area contributed by atoms with Gasteiger partial charge < -0.3 is 15.4 Å². The highest BCUT2D eigenvalue weighted by molar-refractivity contribution is 5.90. The van der Waals surface area contributed by atoms with Crippen molar-refractivity contribution in [1.29, 1.82) is 0 Å². The Balaban J connectivity index is 1.96. The van der Waals surface area contributed by atoms with E-state index < -0.39 is 5.91 Å². The molecule has 7 heteroatoms. The van der Waals surface area contributed by atoms with Crippen molar-refractivity contribution < 1.29 is 14.3 Å². The maximum Gasteiger partial charge on any atom is 0.268 e. The van der Waals surface area contributed by atoms with Gasteiger partial charge in [-0.2, -0.15) is 0 Å². The number of nitrogens with zero attached hydrogens (tertiary/aromatic N) is 3. The zero-order valence-corrected chi connectivity index (χ0v) is 11.4. The maximum absolute atomic E-state index is 11.8. The Hall–Kier alpha value is -2.02. The number of methoxy groups -OCH3 is 1. The van der Waals surface area contributed by atoms with Gasteiger partial charge in [-0.15, -0.1) is 0 Å². The SMILES string of the molecule is COCCN1C[C@H](Cc2cncc(C(N)=O)n2)CC1=O. The summed E-state index contributed by atoms with van der Waals surface area (Å²) in [7, 11) is 1.61. The molecular weight excluding hydrogens is 260 g/mol. The van der Waals surface area contributed by atoms with Gasteiger partial charge >= 0.3 is 0 Å². The number of nitrogens with two attached hydrogens (primary N) is 1. The summed E-state index contributed by atoms with van der Waals surface area (Å²) in [5.41, 5.74) is 6.02. The van der Waals surface area contributed by atoms with Gasteiger partial charge in [-0.3, -0.25) is 14.6 Å². The van der Waals surface area contributed by atoms with Gasteiger partial charge in [0.2, 0.25) is 5.91 Å². The highest BCUT2D eigenvalue weighted by Gasteiger charge is 2.29. The van der Waals surface area contributed by atoms with Crippen molar-refractivity contribution in [1.82, 2.24) is 14.9 Å². The van der Waals surface area contributed by atoms with E-state index in [0.29, 0.717) is 38.2 Å². The first-order valence-corrected chi connectivity index (χ1v) is 6.47. The van der Waals surface area contributed by atoms with E-state index in [2.05, 4.69) is 9.97 Å². The lowest BCUT2D eigenvalue weighted by molar-refractivity contribution is -0.128. The van der Waals surface area contributed by atoms with E-state index in [1.54, 1.807) is 18.2 Å². The number of amides is 2. The molecule has 1 aliphatic rings. The van der Waals surface area contributed by atoms with Gasteiger partial charge in [0.15, 0.2) is 0 Å². The molecule has 1 atom stereocenters. The summed E-state index contributed by atoms with van der Waals surface area (Å²) < 4.78 is 4.98. The molecule has 1 aliphatic heterocycles. The number of carbonyl (C=O) groups excluding carboxylic acids is 2. The van der Waals surface area contributed by atoms with E-state index in [1.807, 2.05) is 0 Å². The smallest absolute Gasteiger partial charge is 0.268 e. The molecule has 0 bridgehead atoms. The predicted octanol–water partition coefficient (Wildman–Crippen LogP) is -0.387. The molecule has 0 unspecified atom stereocenters. The molecule has 2 amide bonds. The fourth-order valence-electron chi connectivity index (χ4n) is 2.33. The second-order valence-electron chi connectivity index (χ2n) is 4.87. The third kappa shape index (κ3) is 3.51. The highest BCUT2D eigenvalue weighted by Crippen LogP contribution is 2.20. The molecule has 2 N–H and O–H groups in total. The molecule has 0 aliphatic carbocycles. The van der Waals surface area contributed by atoms with Crippen LogP contribution in [0.2, 0.25) is 0 Å². The Morgan fingerprint density at radius 2 is 2.35 bits per heavy atom. The second-order valence-corrected chi connectivity index (χ2v) is 4.87. The van der Waals surface area contributed by atoms with Crippen molar-refractivity contribution >= 4 is 11.8 Å². The number of ether oxygens (including phenoxy) is 1. The van der Waals surface area contributed by atoms with E-state index in [9.17, 15) is 9.59 Å². The topological polar surface area (TPSA) is 98.4 Å². The van der Waals surface area contributed by atoms with Gasteiger partial charge in [-0.1, -0.05) is 0 Å². The molecular formula is C13H18N4O3. The molecule has 1 aromatic rings. The quantitative estimate of drug-likeness (QED) is 0.764. The van der Waals surface area contributed by atoms with Crippen molar-refractivity contribution in [3.8, 4) is 0 Å². The molecule has 0 aromatic carbocycles. The van der Waals surface area contributed by atoms with Gasteiger partial charge in [-0.05, 0) is 12.3 Å². The lowest BCUT2D eigenvalue weighted by atomic mass is 10.0. The minimum absolute atomic E-state index is 0.131. The molecule has 2 heterocycles. The van der Waals surface area contributed by atoms with Gasteiger partial charge in [0.05, 0.1) is 18.5 Å². The number of primary amides is 1. The first kappa shape index (κ1) is 14.4. The Morgan fingerprint density at radius 1 is 1.55 bits per heavy atom. The molecule has 1 aromatic heterocycles. The van der Waals surface area contributed by atoms with Crippen LogP contribution < -0.4 is 5.73 Å². The number of aromatic nitrogens is 2. The lowest BCUT2D eigenvalue weighted by Gasteiger charge is -2.15. The van der Waals surface area contributed by atoms with E-state index in [4.69, 9.17) is 10.5 Å². The normalized spacial score (nSPS) is 18.6. The van der Waals surface area contributed by atoms with E-state index in [-0.39, 0.29) is 17.5 Å². The second kappa shape index (κ2) is 6.42. The Labute approximate surface area is 117 Å². The number of hydrogen-bond donors (Lipinski definition) is 1. The molecule has 1 fully saturated rings. The van der Waals surface area contributed by atoms with Gasteiger partial charge in [0.1, 0.15) is 5.69 Å². The first-order chi connectivity index (χ1) is 9.60. The van der Waals surface area contributed by atoms with Crippen LogP contribution in [0.4, 0.5) is 0 Å². The molecule has 0 saturated carbocycles. The molecule has 0 spiro atoms. The van der Waals surface area contributed by atoms with Crippen LogP contribution in [0.25, 0.3) is 0 Å². The van der Waals surface area contributed by atoms with Crippen LogP contribution >= 0.6 is 0 Å². The summed E-state index contributed by atoms with van der Waals surface area (Å²) in [4.78, 5) is 32.8. The monoisotopic (exact) mass is 278 g/mol. The Kier molecular flexibility index (Phi) is 4.62. The zero-order chi connectivity index (χ0) is 14.5. The average Bonchev–Trinajstić information content (AvgIpc) is 2.76. The van der Waals surface area contributed by atoms with Crippen molar-refractivity contribution in [2.24, 2.45) is 11.7 Å². The van der Waals surface area contributed by atoms with Gasteiger partial charge in [0, 0.05) is 32.8 Å². The highest BCUT2D eigenvalue weighted by atomic mass is 16.5. The first-order valence-electron chi connectivity index (χ1n) is 6.47. The Morgan fingerprint density at radius 3 is 3.05 bits per heavy atom. The third-order valence-corrected chi connectivity index (χ3v) is 3.29. The predicted molar refractivity (Wildman–Crippen MR) is 70.8 cm³/mol. The molecule has 2 rings (SSSR count). The molecule has 108 valence electrons. The number of carbonyl (C=O) groups is 2. The lowest BCUT2D eigenvalue weighted by Crippen LogP contribution is -2.29. The number of likely N-dealkylation sites (tertiary alicyclic amines) is 1. The standard InChI is InChI=1S/C13H18N4O3/c1-20-3-2-17-8-9(5-12(17)18)4-10-6-15-7-11(16-10)13(14)19/h6-7,9H,2-5,8H2,1H3,(H2,14,19)/t9-/m1/s1. The third-order valence-electron chi connectivity index (χ3n) is 3.29. The van der Waals surface area contributed by atoms with Crippen molar-refractivity contribution in [3.63, 3.8) is 0 Å². The van der Waals surface area contributed by atoms with Crippen molar-refractivity contribution in [2.45, 2.75) is 12.8 Å². The van der Waals surface area contributed by atoms with Crippen LogP contribution in [0.1, 0.15) is 22.6 Å². The Bertz CT molecular complexity index is 506. The van der Waals surface area contributed by atoms with Crippen LogP contribution in [0.5, 0.6) is 0 Å². The van der Waals surface area contributed by atoms with E-state index >= 15 is 0 Å². The molecule has 7 nitrogen and oxygen atoms in total. The van der Waals surface area contributed by atoms with Crippen LogP contribution in [0.15, 0.2) is 12.4 Å². The summed E-state index contributed by atoms with van der Waals surface area (Å²) >= 11 is 0. The summed E-state index contributed by atoms with van der Waals surface area (Å²) in [5, 5.41) is 0. The summed E-state index contributed by atoms with van der Waals surface area (Å²) in [5.74, 6) is -0.272. The van der Waals surface area contributed by atoms with E-state index in [0.717, 1.165) is 0 Å². The fourth-order valence-corrected chi connectivity index (χ4v) is 2.33. The van der Waals surface area contributed by atoms with Crippen molar-refractivity contribution in [3.05, 3.63) is 23.8 Å². The maximum atomic E-state index is 11.8. The minimum atomic E-state index is -0.594.